The van der Waals surface area contributed by atoms with E-state index in [0.717, 1.165) is 36.3 Å². The molecule has 7 heteroatoms. The van der Waals surface area contributed by atoms with Crippen LogP contribution in [0.2, 0.25) is 0 Å². The van der Waals surface area contributed by atoms with Gasteiger partial charge in [-0.2, -0.15) is 5.10 Å². The quantitative estimate of drug-likeness (QED) is 0.875. The average Bonchev–Trinajstić information content (AvgIpc) is 3.23. The molecule has 0 bridgehead atoms. The lowest BCUT2D eigenvalue weighted by Crippen LogP contribution is -2.39. The third-order valence-corrected chi connectivity index (χ3v) is 3.79. The van der Waals surface area contributed by atoms with Crippen LogP contribution in [0, 0.1) is 0 Å². The summed E-state index contributed by atoms with van der Waals surface area (Å²) in [5.41, 5.74) is 2.79. The number of ether oxygens (including phenoxy) is 1. The van der Waals surface area contributed by atoms with Gasteiger partial charge in [0.15, 0.2) is 0 Å². The largest absolute Gasteiger partial charge is 0.376 e. The fourth-order valence-corrected chi connectivity index (χ4v) is 2.51. The van der Waals surface area contributed by atoms with Crippen LogP contribution in [-0.2, 0) is 18.3 Å². The molecular weight excluding hydrogens is 294 g/mol. The lowest BCUT2D eigenvalue weighted by atomic mass is 10.2. The molecule has 1 unspecified atom stereocenters. The normalized spacial score (nSPS) is 17.2. The minimum Gasteiger partial charge on any atom is -0.376 e. The van der Waals surface area contributed by atoms with Gasteiger partial charge < -0.3 is 15.4 Å². The number of hydrogen-bond acceptors (Lipinski definition) is 4. The minimum atomic E-state index is -0.183. The van der Waals surface area contributed by atoms with Crippen LogP contribution in [0.1, 0.15) is 18.4 Å². The topological polar surface area (TPSA) is 81.1 Å². The van der Waals surface area contributed by atoms with Gasteiger partial charge in [0, 0.05) is 44.7 Å². The average molecular weight is 315 g/mol. The third-order valence-electron chi connectivity index (χ3n) is 3.79. The summed E-state index contributed by atoms with van der Waals surface area (Å²) in [6, 6.07) is 3.70. The molecule has 0 aromatic carbocycles. The fourth-order valence-electron chi connectivity index (χ4n) is 2.51. The molecule has 2 aromatic heterocycles. The van der Waals surface area contributed by atoms with Crippen molar-refractivity contribution in [1.82, 2.24) is 25.4 Å². The van der Waals surface area contributed by atoms with Crippen molar-refractivity contribution < 1.29 is 9.53 Å². The highest BCUT2D eigenvalue weighted by atomic mass is 16.5. The van der Waals surface area contributed by atoms with Gasteiger partial charge in [0.2, 0.25) is 0 Å². The van der Waals surface area contributed by atoms with Gasteiger partial charge in [-0.3, -0.25) is 9.67 Å². The zero-order chi connectivity index (χ0) is 16.1. The number of amides is 2. The molecule has 7 nitrogen and oxygen atoms in total. The summed E-state index contributed by atoms with van der Waals surface area (Å²) >= 11 is 0. The Hall–Kier alpha value is -2.41. The zero-order valence-corrected chi connectivity index (χ0v) is 13.2. The molecule has 1 saturated heterocycles. The van der Waals surface area contributed by atoms with E-state index in [2.05, 4.69) is 20.7 Å². The summed E-state index contributed by atoms with van der Waals surface area (Å²) in [6.07, 6.45) is 7.70. The van der Waals surface area contributed by atoms with Crippen molar-refractivity contribution in [3.63, 3.8) is 0 Å². The number of pyridine rings is 1. The predicted molar refractivity (Wildman–Crippen MR) is 85.7 cm³/mol. The van der Waals surface area contributed by atoms with E-state index in [1.807, 2.05) is 25.4 Å². The van der Waals surface area contributed by atoms with Gasteiger partial charge in [0.1, 0.15) is 0 Å². The molecule has 23 heavy (non-hydrogen) atoms. The number of rotatable bonds is 5. The van der Waals surface area contributed by atoms with E-state index in [1.54, 1.807) is 17.1 Å². The first kappa shape index (κ1) is 15.5. The standard InChI is InChI=1S/C16H21N5O2/c1-21-11-13(9-20-21)15-5-4-12(7-17-15)8-18-16(22)19-10-14-3-2-6-23-14/h4-5,7,9,11,14H,2-3,6,8,10H2,1H3,(H2,18,19,22). The summed E-state index contributed by atoms with van der Waals surface area (Å²) in [6.45, 7) is 1.80. The van der Waals surface area contributed by atoms with Crippen molar-refractivity contribution in [2.45, 2.75) is 25.5 Å². The molecule has 3 heterocycles. The summed E-state index contributed by atoms with van der Waals surface area (Å²) < 4.78 is 7.20. The van der Waals surface area contributed by atoms with Crippen molar-refractivity contribution >= 4 is 6.03 Å². The number of aryl methyl sites for hydroxylation is 1. The Kier molecular flexibility index (Phi) is 4.87. The van der Waals surface area contributed by atoms with Gasteiger partial charge in [-0.25, -0.2) is 4.79 Å². The van der Waals surface area contributed by atoms with Crippen LogP contribution in [-0.4, -0.2) is 40.1 Å². The van der Waals surface area contributed by atoms with Gasteiger partial charge in [0.25, 0.3) is 0 Å². The van der Waals surface area contributed by atoms with Crippen molar-refractivity contribution in [2.24, 2.45) is 7.05 Å². The number of aromatic nitrogens is 3. The Morgan fingerprint density at radius 1 is 1.39 bits per heavy atom. The zero-order valence-electron chi connectivity index (χ0n) is 13.2. The van der Waals surface area contributed by atoms with Crippen molar-refractivity contribution in [2.75, 3.05) is 13.2 Å². The molecule has 1 aliphatic rings. The maximum absolute atomic E-state index is 11.8. The molecular formula is C16H21N5O2. The predicted octanol–water partition coefficient (Wildman–Crippen LogP) is 1.46. The molecule has 1 aliphatic heterocycles. The van der Waals surface area contributed by atoms with Crippen molar-refractivity contribution in [3.8, 4) is 11.3 Å². The number of nitrogens with zero attached hydrogens (tertiary/aromatic N) is 3. The summed E-state index contributed by atoms with van der Waals surface area (Å²) in [4.78, 5) is 16.2. The van der Waals surface area contributed by atoms with Crippen molar-refractivity contribution in [1.29, 1.82) is 0 Å². The molecule has 1 fully saturated rings. The van der Waals surface area contributed by atoms with Crippen LogP contribution in [0.3, 0.4) is 0 Å². The summed E-state index contributed by atoms with van der Waals surface area (Å²) in [7, 11) is 1.87. The molecule has 0 spiro atoms. The number of hydrogen-bond donors (Lipinski definition) is 2. The molecule has 1 atom stereocenters. The Bertz CT molecular complexity index is 647. The Morgan fingerprint density at radius 2 is 2.30 bits per heavy atom. The number of urea groups is 1. The van der Waals surface area contributed by atoms with Crippen LogP contribution in [0.4, 0.5) is 4.79 Å². The van der Waals surface area contributed by atoms with Crippen LogP contribution in [0.25, 0.3) is 11.3 Å². The smallest absolute Gasteiger partial charge is 0.315 e. The van der Waals surface area contributed by atoms with Crippen LogP contribution >= 0.6 is 0 Å². The number of carbonyl (C=O) groups excluding carboxylic acids is 1. The second kappa shape index (κ2) is 7.23. The fraction of sp³-hybridized carbons (Fsp3) is 0.438. The maximum atomic E-state index is 11.8. The maximum Gasteiger partial charge on any atom is 0.315 e. The van der Waals surface area contributed by atoms with Crippen LogP contribution in [0.5, 0.6) is 0 Å². The molecule has 2 aromatic rings. The molecule has 0 radical (unpaired) electrons. The van der Waals surface area contributed by atoms with E-state index in [9.17, 15) is 4.79 Å². The van der Waals surface area contributed by atoms with Gasteiger partial charge in [-0.05, 0) is 24.5 Å². The highest BCUT2D eigenvalue weighted by molar-refractivity contribution is 5.73. The minimum absolute atomic E-state index is 0.154. The molecule has 3 rings (SSSR count). The third kappa shape index (κ3) is 4.29. The Labute approximate surface area is 135 Å². The first-order chi connectivity index (χ1) is 11.2. The molecule has 0 aliphatic carbocycles. The second-order valence-electron chi connectivity index (χ2n) is 5.65. The number of nitrogens with one attached hydrogen (secondary N) is 2. The lowest BCUT2D eigenvalue weighted by molar-refractivity contribution is 0.111. The van der Waals surface area contributed by atoms with Gasteiger partial charge in [0.05, 0.1) is 18.0 Å². The molecule has 0 saturated carbocycles. The number of carbonyl (C=O) groups is 1. The summed E-state index contributed by atoms with van der Waals surface area (Å²) in [5.74, 6) is 0. The second-order valence-corrected chi connectivity index (χ2v) is 5.65. The highest BCUT2D eigenvalue weighted by Gasteiger charge is 2.15. The van der Waals surface area contributed by atoms with E-state index in [-0.39, 0.29) is 12.1 Å². The van der Waals surface area contributed by atoms with E-state index >= 15 is 0 Å². The van der Waals surface area contributed by atoms with Crippen LogP contribution < -0.4 is 10.6 Å². The first-order valence-corrected chi connectivity index (χ1v) is 7.78. The highest BCUT2D eigenvalue weighted by Crippen LogP contribution is 2.15. The van der Waals surface area contributed by atoms with Gasteiger partial charge >= 0.3 is 6.03 Å². The lowest BCUT2D eigenvalue weighted by Gasteiger charge is -2.11. The molecule has 2 N–H and O–H groups in total. The van der Waals surface area contributed by atoms with Gasteiger partial charge in [-0.15, -0.1) is 0 Å². The Morgan fingerprint density at radius 3 is 2.96 bits per heavy atom. The van der Waals surface area contributed by atoms with E-state index in [1.165, 1.54) is 0 Å². The van der Waals surface area contributed by atoms with Crippen LogP contribution in [0.15, 0.2) is 30.7 Å². The SMILES string of the molecule is Cn1cc(-c2ccc(CNC(=O)NCC3CCCO3)cn2)cn1. The first-order valence-electron chi connectivity index (χ1n) is 7.78. The van der Waals surface area contributed by atoms with E-state index in [4.69, 9.17) is 4.74 Å². The van der Waals surface area contributed by atoms with E-state index < -0.39 is 0 Å². The molecule has 122 valence electrons. The van der Waals surface area contributed by atoms with E-state index in [0.29, 0.717) is 13.1 Å². The molecule has 2 amide bonds. The Balaban J connectivity index is 1.45. The monoisotopic (exact) mass is 315 g/mol. The summed E-state index contributed by atoms with van der Waals surface area (Å²) in [5, 5.41) is 9.78. The van der Waals surface area contributed by atoms with Crippen molar-refractivity contribution in [3.05, 3.63) is 36.3 Å². The van der Waals surface area contributed by atoms with Gasteiger partial charge in [-0.1, -0.05) is 6.07 Å².